The van der Waals surface area contributed by atoms with Crippen LogP contribution in [0.4, 0.5) is 14.5 Å². The second-order valence-electron chi connectivity index (χ2n) is 6.91. The molecule has 1 amide bonds. The average Bonchev–Trinajstić information content (AvgIpc) is 3.27. The van der Waals surface area contributed by atoms with E-state index < -0.39 is 12.3 Å². The fourth-order valence-corrected chi connectivity index (χ4v) is 3.32. The van der Waals surface area contributed by atoms with E-state index in [0.717, 1.165) is 4.52 Å². The number of aromatic nitrogens is 3. The smallest absolute Gasteiger partial charge is 0.280 e. The summed E-state index contributed by atoms with van der Waals surface area (Å²) >= 11 is 0. The number of rotatable bonds is 7. The predicted octanol–water partition coefficient (Wildman–Crippen LogP) is 4.61. The van der Waals surface area contributed by atoms with Crippen LogP contribution in [0.25, 0.3) is 16.9 Å². The molecular formula is C23H20F2N4O4. The van der Waals surface area contributed by atoms with Gasteiger partial charge in [-0.05, 0) is 42.5 Å². The molecule has 170 valence electrons. The molecule has 4 rings (SSSR count). The van der Waals surface area contributed by atoms with Gasteiger partial charge in [0.2, 0.25) is 0 Å². The highest BCUT2D eigenvalue weighted by atomic mass is 19.3. The van der Waals surface area contributed by atoms with Crippen molar-refractivity contribution in [3.63, 3.8) is 0 Å². The summed E-state index contributed by atoms with van der Waals surface area (Å²) in [6, 6.07) is 12.9. The number of anilines is 1. The first kappa shape index (κ1) is 22.0. The lowest BCUT2D eigenvalue weighted by molar-refractivity contribution is 0.102. The number of hydrogen-bond acceptors (Lipinski definition) is 6. The molecule has 33 heavy (non-hydrogen) atoms. The highest BCUT2D eigenvalue weighted by Crippen LogP contribution is 2.31. The van der Waals surface area contributed by atoms with Crippen molar-refractivity contribution in [1.29, 1.82) is 0 Å². The first-order valence-corrected chi connectivity index (χ1v) is 9.79. The molecule has 0 aliphatic heterocycles. The third-order valence-corrected chi connectivity index (χ3v) is 4.99. The van der Waals surface area contributed by atoms with Crippen LogP contribution in [-0.4, -0.2) is 41.8 Å². The summed E-state index contributed by atoms with van der Waals surface area (Å²) in [4.78, 5) is 17.4. The average molecular weight is 454 g/mol. The van der Waals surface area contributed by atoms with Gasteiger partial charge in [-0.2, -0.15) is 5.10 Å². The Hall–Kier alpha value is -4.21. The lowest BCUT2D eigenvalue weighted by Crippen LogP contribution is -2.13. The maximum Gasteiger partial charge on any atom is 0.280 e. The number of carbonyl (C=O) groups is 1. The number of alkyl halides is 2. The van der Waals surface area contributed by atoms with Gasteiger partial charge in [0.25, 0.3) is 12.3 Å². The Morgan fingerprint density at radius 1 is 0.970 bits per heavy atom. The lowest BCUT2D eigenvalue weighted by Gasteiger charge is -2.11. The molecule has 0 spiro atoms. The quantitative estimate of drug-likeness (QED) is 0.439. The molecular weight excluding hydrogens is 434 g/mol. The molecule has 0 aliphatic rings. The van der Waals surface area contributed by atoms with Gasteiger partial charge in [-0.25, -0.2) is 18.3 Å². The minimum Gasteiger partial charge on any atom is -0.497 e. The third-order valence-electron chi connectivity index (χ3n) is 4.99. The molecule has 0 bridgehead atoms. The van der Waals surface area contributed by atoms with E-state index in [1.807, 2.05) is 0 Å². The maximum absolute atomic E-state index is 13.8. The summed E-state index contributed by atoms with van der Waals surface area (Å²) in [6.45, 7) is 0. The van der Waals surface area contributed by atoms with Gasteiger partial charge in [0.05, 0.1) is 33.2 Å². The van der Waals surface area contributed by atoms with Crippen LogP contribution in [0.3, 0.4) is 0 Å². The van der Waals surface area contributed by atoms with E-state index in [4.69, 9.17) is 14.2 Å². The van der Waals surface area contributed by atoms with Gasteiger partial charge in [-0.15, -0.1) is 0 Å². The number of ether oxygens (including phenoxy) is 3. The topological polar surface area (TPSA) is 87.0 Å². The van der Waals surface area contributed by atoms with E-state index in [2.05, 4.69) is 15.4 Å². The molecule has 0 saturated heterocycles. The van der Waals surface area contributed by atoms with Crippen LogP contribution in [0.5, 0.6) is 17.2 Å². The Bertz CT molecular complexity index is 1310. The van der Waals surface area contributed by atoms with E-state index in [0.29, 0.717) is 28.5 Å². The summed E-state index contributed by atoms with van der Waals surface area (Å²) in [7, 11) is 4.51. The third kappa shape index (κ3) is 4.27. The molecule has 0 aliphatic carbocycles. The van der Waals surface area contributed by atoms with Gasteiger partial charge in [0, 0.05) is 17.3 Å². The minimum atomic E-state index is -2.82. The van der Waals surface area contributed by atoms with Crippen molar-refractivity contribution in [2.45, 2.75) is 6.43 Å². The number of hydrogen-bond donors (Lipinski definition) is 1. The number of nitrogens with one attached hydrogen (secondary N) is 1. The summed E-state index contributed by atoms with van der Waals surface area (Å²) in [6.07, 6.45) is -1.61. The van der Waals surface area contributed by atoms with Crippen LogP contribution in [0.1, 0.15) is 22.5 Å². The van der Waals surface area contributed by atoms with E-state index in [9.17, 15) is 13.6 Å². The Labute approximate surface area is 187 Å². The number of methoxy groups -OCH3 is 3. The largest absolute Gasteiger partial charge is 0.497 e. The number of halogens is 2. The van der Waals surface area contributed by atoms with Gasteiger partial charge >= 0.3 is 0 Å². The first-order valence-electron chi connectivity index (χ1n) is 9.79. The second-order valence-corrected chi connectivity index (χ2v) is 6.91. The summed E-state index contributed by atoms with van der Waals surface area (Å²) in [5.41, 5.74) is 0.973. The zero-order valence-corrected chi connectivity index (χ0v) is 18.0. The number of nitrogens with zero attached hydrogens (tertiary/aromatic N) is 3. The number of carbonyl (C=O) groups excluding carboxylic acids is 1. The molecule has 1 N–H and O–H groups in total. The zero-order valence-electron chi connectivity index (χ0n) is 18.0. The summed E-state index contributed by atoms with van der Waals surface area (Å²) < 4.78 is 44.1. The van der Waals surface area contributed by atoms with Crippen LogP contribution in [0.2, 0.25) is 0 Å². The predicted molar refractivity (Wildman–Crippen MR) is 117 cm³/mol. The zero-order chi connectivity index (χ0) is 23.5. The highest BCUT2D eigenvalue weighted by molar-refractivity contribution is 6.08. The maximum atomic E-state index is 13.8. The van der Waals surface area contributed by atoms with Crippen molar-refractivity contribution in [3.8, 4) is 28.5 Å². The van der Waals surface area contributed by atoms with Gasteiger partial charge in [-0.1, -0.05) is 0 Å². The monoisotopic (exact) mass is 454 g/mol. The Morgan fingerprint density at radius 3 is 2.33 bits per heavy atom. The molecule has 4 aromatic rings. The van der Waals surface area contributed by atoms with Crippen molar-refractivity contribution in [3.05, 3.63) is 66.0 Å². The fourth-order valence-electron chi connectivity index (χ4n) is 3.32. The highest BCUT2D eigenvalue weighted by Gasteiger charge is 2.22. The molecule has 0 unspecified atom stereocenters. The molecule has 0 atom stereocenters. The van der Waals surface area contributed by atoms with Crippen molar-refractivity contribution in [2.75, 3.05) is 26.6 Å². The molecule has 2 heterocycles. The van der Waals surface area contributed by atoms with E-state index in [1.54, 1.807) is 42.5 Å². The van der Waals surface area contributed by atoms with Crippen molar-refractivity contribution < 1.29 is 27.8 Å². The van der Waals surface area contributed by atoms with E-state index >= 15 is 0 Å². The Kier molecular flexibility index (Phi) is 6.07. The molecule has 0 fully saturated rings. The molecule has 8 nitrogen and oxygen atoms in total. The van der Waals surface area contributed by atoms with Crippen molar-refractivity contribution >= 4 is 17.2 Å². The SMILES string of the molecule is COc1ccc(-c2cc(C(F)F)n3ncc(C(=O)Nc4ccc(OC)c(OC)c4)c3n2)cc1. The van der Waals surface area contributed by atoms with Gasteiger partial charge < -0.3 is 19.5 Å². The summed E-state index contributed by atoms with van der Waals surface area (Å²) in [5.74, 6) is 0.985. The first-order chi connectivity index (χ1) is 15.9. The normalized spacial score (nSPS) is 11.0. The molecule has 2 aromatic heterocycles. The van der Waals surface area contributed by atoms with E-state index in [1.165, 1.54) is 33.6 Å². The molecule has 2 aromatic carbocycles. The van der Waals surface area contributed by atoms with Crippen LogP contribution in [0, 0.1) is 0 Å². The van der Waals surface area contributed by atoms with Crippen LogP contribution < -0.4 is 19.5 Å². The van der Waals surface area contributed by atoms with Crippen molar-refractivity contribution in [1.82, 2.24) is 14.6 Å². The summed E-state index contributed by atoms with van der Waals surface area (Å²) in [5, 5.41) is 6.69. The molecule has 0 radical (unpaired) electrons. The lowest BCUT2D eigenvalue weighted by atomic mass is 10.1. The van der Waals surface area contributed by atoms with Gasteiger partial charge in [0.1, 0.15) is 17.0 Å². The van der Waals surface area contributed by atoms with Crippen LogP contribution in [-0.2, 0) is 0 Å². The van der Waals surface area contributed by atoms with Crippen molar-refractivity contribution in [2.24, 2.45) is 0 Å². The standard InChI is InChI=1S/C23H20F2N4O4/c1-31-15-7-4-13(5-8-15)17-11-18(21(24)25)29-22(28-17)16(12-26-29)23(30)27-14-6-9-19(32-2)20(10-14)33-3/h4-12,21H,1-3H3,(H,27,30). The minimum absolute atomic E-state index is 0.0107. The molecule has 10 heteroatoms. The second kappa shape index (κ2) is 9.11. The van der Waals surface area contributed by atoms with Gasteiger partial charge in [-0.3, -0.25) is 4.79 Å². The Morgan fingerprint density at radius 2 is 1.70 bits per heavy atom. The van der Waals surface area contributed by atoms with Crippen LogP contribution >= 0.6 is 0 Å². The molecule has 0 saturated carbocycles. The van der Waals surface area contributed by atoms with E-state index in [-0.39, 0.29) is 22.6 Å². The number of amides is 1. The van der Waals surface area contributed by atoms with Crippen LogP contribution in [0.15, 0.2) is 54.7 Å². The number of fused-ring (bicyclic) bond motifs is 1. The van der Waals surface area contributed by atoms with Gasteiger partial charge in [0.15, 0.2) is 17.1 Å². The fraction of sp³-hybridized carbons (Fsp3) is 0.174. The number of benzene rings is 2. The Balaban J connectivity index is 1.75.